The molecule has 3 rings (SSSR count). The highest BCUT2D eigenvalue weighted by Crippen LogP contribution is 2.25. The lowest BCUT2D eigenvalue weighted by atomic mass is 10.1. The van der Waals surface area contributed by atoms with Gasteiger partial charge in [-0.25, -0.2) is 4.79 Å². The number of benzene rings is 1. The molecule has 2 heterocycles. The summed E-state index contributed by atoms with van der Waals surface area (Å²) in [7, 11) is 1.59. The van der Waals surface area contributed by atoms with E-state index in [0.717, 1.165) is 24.4 Å². The summed E-state index contributed by atoms with van der Waals surface area (Å²) >= 11 is 0. The fraction of sp³-hybridized carbons (Fsp3) is 0.400. The average molecular weight is 370 g/mol. The first-order chi connectivity index (χ1) is 13.1. The van der Waals surface area contributed by atoms with Crippen LogP contribution < -0.4 is 16.0 Å². The Hall–Kier alpha value is -2.80. The molecule has 0 saturated carbocycles. The van der Waals surface area contributed by atoms with Crippen LogP contribution in [0.1, 0.15) is 40.6 Å². The molecule has 0 spiro atoms. The van der Waals surface area contributed by atoms with Crippen LogP contribution in [0.4, 0.5) is 10.5 Å². The zero-order chi connectivity index (χ0) is 19.2. The van der Waals surface area contributed by atoms with Crippen molar-refractivity contribution < 1.29 is 14.0 Å². The van der Waals surface area contributed by atoms with Crippen molar-refractivity contribution >= 4 is 17.6 Å². The lowest BCUT2D eigenvalue weighted by molar-refractivity contribution is 0.0963. The average Bonchev–Trinajstić information content (AvgIpc) is 3.37. The van der Waals surface area contributed by atoms with E-state index < -0.39 is 0 Å². The topological polar surface area (TPSA) is 86.6 Å². The monoisotopic (exact) mass is 370 g/mol. The Bertz CT molecular complexity index is 783. The molecule has 0 aliphatic carbocycles. The molecule has 3 N–H and O–H groups in total. The van der Waals surface area contributed by atoms with Gasteiger partial charge in [-0.05, 0) is 68.8 Å². The maximum atomic E-state index is 12.4. The SMILES string of the molecule is CNC(=O)c1ccc(NC(=O)NCC(c2ccco2)N2CCCC2)c(C)c1. The number of carbonyl (C=O) groups is 2. The number of hydrogen-bond donors (Lipinski definition) is 3. The summed E-state index contributed by atoms with van der Waals surface area (Å²) in [6, 6.07) is 8.76. The summed E-state index contributed by atoms with van der Waals surface area (Å²) in [5.74, 6) is 0.712. The van der Waals surface area contributed by atoms with Gasteiger partial charge < -0.3 is 20.4 Å². The molecule has 1 atom stereocenters. The highest BCUT2D eigenvalue weighted by atomic mass is 16.3. The molecule has 2 aromatic rings. The molecular formula is C20H26N4O3. The van der Waals surface area contributed by atoms with Crippen LogP contribution in [0, 0.1) is 6.92 Å². The standard InChI is InChI=1S/C20H26N4O3/c1-14-12-15(19(25)21-2)7-8-16(14)23-20(26)22-13-17(18-6-5-11-27-18)24-9-3-4-10-24/h5-8,11-12,17H,3-4,9-10,13H2,1-2H3,(H,21,25)(H2,22,23,26). The zero-order valence-corrected chi connectivity index (χ0v) is 15.7. The second-order valence-electron chi connectivity index (χ2n) is 6.72. The maximum absolute atomic E-state index is 12.4. The van der Waals surface area contributed by atoms with Crippen LogP contribution in [0.5, 0.6) is 0 Å². The number of hydrogen-bond acceptors (Lipinski definition) is 4. The summed E-state index contributed by atoms with van der Waals surface area (Å²) in [4.78, 5) is 26.4. The highest BCUT2D eigenvalue weighted by Gasteiger charge is 2.26. The fourth-order valence-electron chi connectivity index (χ4n) is 3.39. The number of anilines is 1. The Morgan fingerprint density at radius 3 is 2.63 bits per heavy atom. The van der Waals surface area contributed by atoms with Crippen molar-refractivity contribution in [2.24, 2.45) is 0 Å². The molecule has 0 bridgehead atoms. The van der Waals surface area contributed by atoms with Gasteiger partial charge >= 0.3 is 6.03 Å². The van der Waals surface area contributed by atoms with Gasteiger partial charge in [0.1, 0.15) is 5.76 Å². The van der Waals surface area contributed by atoms with Crippen LogP contribution in [0.2, 0.25) is 0 Å². The Morgan fingerprint density at radius 1 is 1.22 bits per heavy atom. The molecule has 1 unspecified atom stereocenters. The van der Waals surface area contributed by atoms with E-state index in [1.807, 2.05) is 19.1 Å². The molecule has 0 radical (unpaired) electrons. The van der Waals surface area contributed by atoms with Crippen molar-refractivity contribution in [1.82, 2.24) is 15.5 Å². The largest absolute Gasteiger partial charge is 0.468 e. The first-order valence-electron chi connectivity index (χ1n) is 9.23. The van der Waals surface area contributed by atoms with Crippen molar-refractivity contribution in [3.63, 3.8) is 0 Å². The maximum Gasteiger partial charge on any atom is 0.319 e. The molecule has 3 amide bonds. The second-order valence-corrected chi connectivity index (χ2v) is 6.72. The van der Waals surface area contributed by atoms with E-state index in [1.54, 1.807) is 31.5 Å². The summed E-state index contributed by atoms with van der Waals surface area (Å²) in [6.45, 7) is 4.34. The molecule has 27 heavy (non-hydrogen) atoms. The predicted octanol–water partition coefficient (Wildman–Crippen LogP) is 2.91. The normalized spacial score (nSPS) is 15.3. The van der Waals surface area contributed by atoms with Crippen molar-refractivity contribution in [1.29, 1.82) is 0 Å². The smallest absolute Gasteiger partial charge is 0.319 e. The lowest BCUT2D eigenvalue weighted by Gasteiger charge is -2.26. The van der Waals surface area contributed by atoms with Gasteiger partial charge in [-0.3, -0.25) is 9.69 Å². The van der Waals surface area contributed by atoms with E-state index in [9.17, 15) is 9.59 Å². The Labute approximate surface area is 159 Å². The molecule has 1 fully saturated rings. The predicted molar refractivity (Wildman–Crippen MR) is 104 cm³/mol. The van der Waals surface area contributed by atoms with Crippen LogP contribution >= 0.6 is 0 Å². The minimum Gasteiger partial charge on any atom is -0.468 e. The third-order valence-corrected chi connectivity index (χ3v) is 4.87. The molecule has 7 nitrogen and oxygen atoms in total. The number of likely N-dealkylation sites (tertiary alicyclic amines) is 1. The van der Waals surface area contributed by atoms with E-state index in [2.05, 4.69) is 20.9 Å². The van der Waals surface area contributed by atoms with Gasteiger partial charge in [-0.1, -0.05) is 0 Å². The van der Waals surface area contributed by atoms with Crippen molar-refractivity contribution in [2.75, 3.05) is 32.0 Å². The van der Waals surface area contributed by atoms with E-state index in [0.29, 0.717) is 17.8 Å². The molecular weight excluding hydrogens is 344 g/mol. The number of nitrogens with zero attached hydrogens (tertiary/aromatic N) is 1. The summed E-state index contributed by atoms with van der Waals surface area (Å²) in [5.41, 5.74) is 2.07. The summed E-state index contributed by atoms with van der Waals surface area (Å²) < 4.78 is 5.57. The minimum absolute atomic E-state index is 0.0324. The van der Waals surface area contributed by atoms with E-state index in [1.165, 1.54) is 12.8 Å². The van der Waals surface area contributed by atoms with E-state index in [4.69, 9.17) is 4.42 Å². The number of carbonyl (C=O) groups excluding carboxylic acids is 2. The molecule has 1 aromatic carbocycles. The van der Waals surface area contributed by atoms with Gasteiger partial charge in [0.25, 0.3) is 5.91 Å². The first-order valence-corrected chi connectivity index (χ1v) is 9.23. The van der Waals surface area contributed by atoms with Crippen LogP contribution in [-0.2, 0) is 0 Å². The number of urea groups is 1. The molecule has 7 heteroatoms. The second kappa shape index (κ2) is 8.73. The number of amides is 3. The van der Waals surface area contributed by atoms with Gasteiger partial charge in [0.15, 0.2) is 0 Å². The van der Waals surface area contributed by atoms with Gasteiger partial charge in [0.2, 0.25) is 0 Å². The van der Waals surface area contributed by atoms with Gasteiger partial charge in [-0.15, -0.1) is 0 Å². The quantitative estimate of drug-likeness (QED) is 0.730. The van der Waals surface area contributed by atoms with Crippen LogP contribution in [0.3, 0.4) is 0 Å². The van der Waals surface area contributed by atoms with E-state index >= 15 is 0 Å². The van der Waals surface area contributed by atoms with Crippen LogP contribution in [0.25, 0.3) is 0 Å². The molecule has 1 aromatic heterocycles. The fourth-order valence-corrected chi connectivity index (χ4v) is 3.39. The van der Waals surface area contributed by atoms with Crippen LogP contribution in [-0.4, -0.2) is 43.5 Å². The lowest BCUT2D eigenvalue weighted by Crippen LogP contribution is -2.38. The molecule has 144 valence electrons. The van der Waals surface area contributed by atoms with Crippen molar-refractivity contribution in [3.8, 4) is 0 Å². The van der Waals surface area contributed by atoms with E-state index in [-0.39, 0.29) is 18.0 Å². The summed E-state index contributed by atoms with van der Waals surface area (Å²) in [6.07, 6.45) is 4.00. The molecule has 1 saturated heterocycles. The van der Waals surface area contributed by atoms with Crippen molar-refractivity contribution in [3.05, 3.63) is 53.5 Å². The van der Waals surface area contributed by atoms with Crippen LogP contribution in [0.15, 0.2) is 41.0 Å². The zero-order valence-electron chi connectivity index (χ0n) is 15.7. The Kier molecular flexibility index (Phi) is 6.13. The van der Waals surface area contributed by atoms with Gasteiger partial charge in [0, 0.05) is 24.8 Å². The van der Waals surface area contributed by atoms with Gasteiger partial charge in [-0.2, -0.15) is 0 Å². The third kappa shape index (κ3) is 4.68. The summed E-state index contributed by atoms with van der Waals surface area (Å²) in [5, 5.41) is 8.39. The highest BCUT2D eigenvalue weighted by molar-refractivity contribution is 5.96. The number of rotatable bonds is 6. The molecule has 1 aliphatic heterocycles. The van der Waals surface area contributed by atoms with Crippen molar-refractivity contribution in [2.45, 2.75) is 25.8 Å². The first kappa shape index (κ1) is 19.0. The van der Waals surface area contributed by atoms with Gasteiger partial charge in [0.05, 0.1) is 12.3 Å². The number of furan rings is 1. The molecule has 1 aliphatic rings. The number of aryl methyl sites for hydroxylation is 1. The third-order valence-electron chi connectivity index (χ3n) is 4.87. The Balaban J connectivity index is 1.60. The Morgan fingerprint density at radius 2 is 2.00 bits per heavy atom. The number of nitrogens with one attached hydrogen (secondary N) is 3. The minimum atomic E-state index is -0.276.